The number of hydrogen-bond acceptors (Lipinski definition) is 1. The van der Waals surface area contributed by atoms with Gasteiger partial charge in [-0.3, -0.25) is 0 Å². The van der Waals surface area contributed by atoms with Gasteiger partial charge in [-0.2, -0.15) is 0 Å². The van der Waals surface area contributed by atoms with Crippen LogP contribution in [-0.4, -0.2) is 0 Å². The second-order valence-corrected chi connectivity index (χ2v) is 6.31. The van der Waals surface area contributed by atoms with E-state index < -0.39 is 0 Å². The summed E-state index contributed by atoms with van der Waals surface area (Å²) in [5.41, 5.74) is 8.40. The molecule has 0 unspecified atom stereocenters. The summed E-state index contributed by atoms with van der Waals surface area (Å²) in [5, 5.41) is 0.393. The molecule has 2 atom stereocenters. The van der Waals surface area contributed by atoms with E-state index in [1.807, 2.05) is 6.08 Å². The third-order valence-electron chi connectivity index (χ3n) is 3.81. The maximum Gasteiger partial charge on any atom is 0.0994 e. The van der Waals surface area contributed by atoms with Crippen molar-refractivity contribution < 1.29 is 0 Å². The number of halogens is 1. The van der Waals surface area contributed by atoms with Crippen molar-refractivity contribution in [3.63, 3.8) is 0 Å². The minimum atomic E-state index is 0.393. The van der Waals surface area contributed by atoms with Gasteiger partial charge >= 0.3 is 0 Å². The zero-order valence-corrected chi connectivity index (χ0v) is 13.6. The maximum absolute atomic E-state index is 5.86. The molecular formula is C16H30ClN. The molecule has 0 bridgehead atoms. The van der Waals surface area contributed by atoms with Gasteiger partial charge in [0, 0.05) is 0 Å². The third kappa shape index (κ3) is 6.49. The van der Waals surface area contributed by atoms with Crippen LogP contribution in [0.2, 0.25) is 0 Å². The van der Waals surface area contributed by atoms with E-state index >= 15 is 0 Å². The zero-order chi connectivity index (χ0) is 14.3. The summed E-state index contributed by atoms with van der Waals surface area (Å²) in [7, 11) is 0. The molecule has 0 spiro atoms. The minimum absolute atomic E-state index is 0.393. The highest BCUT2D eigenvalue weighted by atomic mass is 35.5. The van der Waals surface area contributed by atoms with Crippen molar-refractivity contribution in [3.8, 4) is 0 Å². The van der Waals surface area contributed by atoms with Gasteiger partial charge < -0.3 is 5.73 Å². The molecule has 0 rings (SSSR count). The quantitative estimate of drug-likeness (QED) is 0.483. The molecule has 0 aliphatic carbocycles. The van der Waals surface area contributed by atoms with Gasteiger partial charge in [0.1, 0.15) is 0 Å². The Hall–Kier alpha value is -0.430. The fraction of sp³-hybridized carbons (Fsp3) is 0.750. The Kier molecular flexibility index (Phi) is 8.43. The lowest BCUT2D eigenvalue weighted by atomic mass is 9.83. The lowest BCUT2D eigenvalue weighted by Gasteiger charge is -2.23. The van der Waals surface area contributed by atoms with Crippen molar-refractivity contribution in [2.75, 3.05) is 0 Å². The van der Waals surface area contributed by atoms with E-state index in [0.717, 1.165) is 24.7 Å². The Morgan fingerprint density at radius 1 is 1.22 bits per heavy atom. The first-order chi connectivity index (χ1) is 8.29. The summed E-state index contributed by atoms with van der Waals surface area (Å²) in [5.74, 6) is 1.96. The fourth-order valence-corrected chi connectivity index (χ4v) is 2.43. The molecule has 106 valence electrons. The van der Waals surface area contributed by atoms with Crippen molar-refractivity contribution in [2.24, 2.45) is 23.5 Å². The van der Waals surface area contributed by atoms with Crippen LogP contribution >= 0.6 is 11.6 Å². The normalized spacial score (nSPS) is 17.7. The molecule has 0 heterocycles. The Balaban J connectivity index is 4.98. The predicted molar refractivity (Wildman–Crippen MR) is 83.5 cm³/mol. The molecule has 0 radical (unpaired) electrons. The highest BCUT2D eigenvalue weighted by Gasteiger charge is 2.16. The highest BCUT2D eigenvalue weighted by molar-refractivity contribution is 6.29. The molecule has 0 aromatic heterocycles. The van der Waals surface area contributed by atoms with Crippen LogP contribution in [0.25, 0.3) is 0 Å². The van der Waals surface area contributed by atoms with Gasteiger partial charge in [0.25, 0.3) is 0 Å². The monoisotopic (exact) mass is 271 g/mol. The van der Waals surface area contributed by atoms with E-state index in [-0.39, 0.29) is 0 Å². The third-order valence-corrected chi connectivity index (χ3v) is 3.91. The first-order valence-electron chi connectivity index (χ1n) is 7.11. The summed E-state index contributed by atoms with van der Waals surface area (Å²) >= 11 is 5.86. The Bertz CT molecular complexity index is 298. The second kappa shape index (κ2) is 8.63. The SMILES string of the molecule is CCC/C(C)=C(\C=C(/N)Cl)[C@H](C)C[C@@H](C)C(C)C. The summed E-state index contributed by atoms with van der Waals surface area (Å²) in [6, 6.07) is 0. The summed E-state index contributed by atoms with van der Waals surface area (Å²) < 4.78 is 0. The van der Waals surface area contributed by atoms with Crippen LogP contribution in [0.5, 0.6) is 0 Å². The van der Waals surface area contributed by atoms with E-state index in [9.17, 15) is 0 Å². The zero-order valence-electron chi connectivity index (χ0n) is 12.9. The van der Waals surface area contributed by atoms with E-state index in [1.165, 1.54) is 17.6 Å². The van der Waals surface area contributed by atoms with E-state index in [0.29, 0.717) is 11.1 Å². The Morgan fingerprint density at radius 2 is 1.78 bits per heavy atom. The molecule has 2 heteroatoms. The summed E-state index contributed by atoms with van der Waals surface area (Å²) in [4.78, 5) is 0. The molecule has 0 aromatic rings. The topological polar surface area (TPSA) is 26.0 Å². The minimum Gasteiger partial charge on any atom is -0.389 e. The van der Waals surface area contributed by atoms with Crippen LogP contribution in [-0.2, 0) is 0 Å². The molecule has 18 heavy (non-hydrogen) atoms. The highest BCUT2D eigenvalue weighted by Crippen LogP contribution is 2.29. The van der Waals surface area contributed by atoms with Gasteiger partial charge in [0.15, 0.2) is 0 Å². The van der Waals surface area contributed by atoms with Crippen molar-refractivity contribution in [2.45, 2.75) is 60.8 Å². The fourth-order valence-electron chi connectivity index (χ4n) is 2.31. The lowest BCUT2D eigenvalue weighted by molar-refractivity contribution is 0.353. The Morgan fingerprint density at radius 3 is 2.17 bits per heavy atom. The van der Waals surface area contributed by atoms with Gasteiger partial charge in [0.2, 0.25) is 0 Å². The molecule has 0 fully saturated rings. The lowest BCUT2D eigenvalue weighted by Crippen LogP contribution is -2.12. The number of nitrogens with two attached hydrogens (primary N) is 1. The molecular weight excluding hydrogens is 242 g/mol. The van der Waals surface area contributed by atoms with Crippen LogP contribution in [0, 0.1) is 17.8 Å². The molecule has 0 saturated heterocycles. The van der Waals surface area contributed by atoms with Crippen LogP contribution < -0.4 is 5.73 Å². The summed E-state index contributed by atoms with van der Waals surface area (Å²) in [6.45, 7) is 13.6. The number of allylic oxidation sites excluding steroid dienone is 3. The largest absolute Gasteiger partial charge is 0.389 e. The summed E-state index contributed by atoms with van der Waals surface area (Å²) in [6.07, 6.45) is 5.42. The van der Waals surface area contributed by atoms with Crippen LogP contribution in [0.1, 0.15) is 60.8 Å². The Labute approximate surface area is 118 Å². The molecule has 2 N–H and O–H groups in total. The average molecular weight is 272 g/mol. The molecule has 0 aromatic carbocycles. The number of hydrogen-bond donors (Lipinski definition) is 1. The molecule has 0 amide bonds. The number of rotatable bonds is 7. The van der Waals surface area contributed by atoms with Gasteiger partial charge in [-0.15, -0.1) is 0 Å². The van der Waals surface area contributed by atoms with E-state index in [4.69, 9.17) is 17.3 Å². The molecule has 0 aliphatic rings. The standard InChI is InChI=1S/C16H30ClN/c1-7-8-12(4)15(10-16(17)18)14(6)9-13(5)11(2)3/h10-11,13-14H,7-9,18H2,1-6H3/b15-12+,16-10-/t13-,14-/m1/s1. The van der Waals surface area contributed by atoms with Gasteiger partial charge in [-0.25, -0.2) is 0 Å². The van der Waals surface area contributed by atoms with Crippen LogP contribution in [0.15, 0.2) is 22.4 Å². The van der Waals surface area contributed by atoms with Crippen LogP contribution in [0.4, 0.5) is 0 Å². The van der Waals surface area contributed by atoms with Crippen molar-refractivity contribution in [1.29, 1.82) is 0 Å². The van der Waals surface area contributed by atoms with Gasteiger partial charge in [0.05, 0.1) is 5.16 Å². The molecule has 0 saturated carbocycles. The maximum atomic E-state index is 5.86. The van der Waals surface area contributed by atoms with Crippen LogP contribution in [0.3, 0.4) is 0 Å². The molecule has 1 nitrogen and oxygen atoms in total. The average Bonchev–Trinajstić information content (AvgIpc) is 2.25. The smallest absolute Gasteiger partial charge is 0.0994 e. The second-order valence-electron chi connectivity index (χ2n) is 5.87. The first-order valence-corrected chi connectivity index (χ1v) is 7.49. The van der Waals surface area contributed by atoms with E-state index in [2.05, 4.69) is 41.5 Å². The van der Waals surface area contributed by atoms with E-state index in [1.54, 1.807) is 0 Å². The van der Waals surface area contributed by atoms with Crippen molar-refractivity contribution in [1.82, 2.24) is 0 Å². The van der Waals surface area contributed by atoms with Gasteiger partial charge in [-0.05, 0) is 49.2 Å². The molecule has 0 aliphatic heterocycles. The first kappa shape index (κ1) is 17.6. The van der Waals surface area contributed by atoms with Crippen molar-refractivity contribution >= 4 is 11.6 Å². The van der Waals surface area contributed by atoms with Crippen molar-refractivity contribution in [3.05, 3.63) is 22.4 Å². The predicted octanol–water partition coefficient (Wildman–Crippen LogP) is 5.46. The van der Waals surface area contributed by atoms with Gasteiger partial charge in [-0.1, -0.05) is 58.2 Å².